The van der Waals surface area contributed by atoms with E-state index in [1.165, 1.54) is 56.7 Å². The number of phenolic OH excluding ortho intramolecular Hbond substituents is 3. The topological polar surface area (TPSA) is 235 Å². The van der Waals surface area contributed by atoms with Crippen LogP contribution in [-0.2, 0) is 14.3 Å². The van der Waals surface area contributed by atoms with Crippen LogP contribution in [0.4, 0.5) is 0 Å². The first-order valence-corrected chi connectivity index (χ1v) is 13.9. The highest BCUT2D eigenvalue weighted by atomic mass is 16.7. The smallest absolute Gasteiger partial charge is 0.330 e. The van der Waals surface area contributed by atoms with E-state index in [1.807, 2.05) is 0 Å². The number of phenols is 3. The first-order valence-electron chi connectivity index (χ1n) is 13.9. The Kier molecular flexibility index (Phi) is 9.44. The zero-order chi connectivity index (χ0) is 34.0. The van der Waals surface area contributed by atoms with Crippen molar-refractivity contribution in [2.75, 3.05) is 20.8 Å². The summed E-state index contributed by atoms with van der Waals surface area (Å²) in [5.41, 5.74) is -0.568. The lowest BCUT2D eigenvalue weighted by Crippen LogP contribution is -2.60. The van der Waals surface area contributed by atoms with Gasteiger partial charge in [-0.25, -0.2) is 4.79 Å². The summed E-state index contributed by atoms with van der Waals surface area (Å²) in [6.45, 7) is -0.566. The van der Waals surface area contributed by atoms with Gasteiger partial charge in [0, 0.05) is 23.8 Å². The lowest BCUT2D eigenvalue weighted by Gasteiger charge is -2.39. The second kappa shape index (κ2) is 13.5. The molecule has 5 atom stereocenters. The molecule has 0 spiro atoms. The minimum atomic E-state index is -1.81. The molecule has 1 fully saturated rings. The minimum Gasteiger partial charge on any atom is -0.507 e. The molecule has 0 unspecified atom stereocenters. The zero-order valence-electron chi connectivity index (χ0n) is 24.8. The molecule has 5 rings (SSSR count). The van der Waals surface area contributed by atoms with Crippen molar-refractivity contribution < 1.29 is 68.6 Å². The fourth-order valence-corrected chi connectivity index (χ4v) is 4.81. The van der Waals surface area contributed by atoms with Gasteiger partial charge in [0.05, 0.1) is 14.2 Å². The number of methoxy groups -OCH3 is 2. The summed E-state index contributed by atoms with van der Waals surface area (Å²) < 4.78 is 32.2. The average molecular weight is 655 g/mol. The number of hydrogen-bond acceptors (Lipinski definition) is 15. The second-order valence-electron chi connectivity index (χ2n) is 10.3. The quantitative estimate of drug-likeness (QED) is 0.101. The number of aliphatic hydroxyl groups is 3. The molecular formula is C32H30O15. The standard InChI is InChI=1S/C32H30O15/c1-42-20-9-14(3-6-17(20)33)4-8-24(36)44-13-23-26(37)28(39)30(41)32(47-23)45-16-11-19(35)25-22(12-16)46-31(29(40)27(25)38)15-5-7-18(34)21(10-15)43-2/h3-12,23,26,28,30,32-35,37,39-41H,13H2,1-2H3/t23-,26-,28+,30-,32-/m1/s1. The number of hydrogen-bond donors (Lipinski definition) is 7. The Hall–Kier alpha value is -5.48. The number of benzene rings is 3. The van der Waals surface area contributed by atoms with Crippen LogP contribution < -0.4 is 19.6 Å². The summed E-state index contributed by atoms with van der Waals surface area (Å²) in [5, 5.41) is 71.9. The predicted molar refractivity (Wildman–Crippen MR) is 161 cm³/mol. The third-order valence-corrected chi connectivity index (χ3v) is 7.29. The maximum Gasteiger partial charge on any atom is 0.330 e. The summed E-state index contributed by atoms with van der Waals surface area (Å²) >= 11 is 0. The van der Waals surface area contributed by atoms with Gasteiger partial charge in [-0.15, -0.1) is 0 Å². The molecule has 0 bridgehead atoms. The summed E-state index contributed by atoms with van der Waals surface area (Å²) in [6.07, 6.45) is -5.89. The van der Waals surface area contributed by atoms with Crippen LogP contribution in [0.1, 0.15) is 5.56 Å². The van der Waals surface area contributed by atoms with Crippen LogP contribution >= 0.6 is 0 Å². The SMILES string of the molecule is COc1cc(C=CC(=O)OC[C@H]2O[C@@H](Oc3cc(O)c4c(=O)c(O)c(-c5ccc(O)c(OC)c5)oc4c3)[C@H](O)[C@@H](O)[C@@H]2O)ccc1O. The van der Waals surface area contributed by atoms with E-state index in [1.54, 1.807) is 0 Å². The Morgan fingerprint density at radius 3 is 2.23 bits per heavy atom. The number of rotatable bonds is 9. The van der Waals surface area contributed by atoms with Gasteiger partial charge in [0.2, 0.25) is 17.5 Å². The van der Waals surface area contributed by atoms with Crippen molar-refractivity contribution in [2.45, 2.75) is 30.7 Å². The van der Waals surface area contributed by atoms with Crippen molar-refractivity contribution in [1.29, 1.82) is 0 Å². The highest BCUT2D eigenvalue weighted by molar-refractivity contribution is 5.88. The fraction of sp³-hybridized carbons (Fsp3) is 0.250. The molecule has 248 valence electrons. The van der Waals surface area contributed by atoms with E-state index in [0.717, 1.165) is 18.2 Å². The maximum absolute atomic E-state index is 13.0. The molecule has 1 aliphatic rings. The van der Waals surface area contributed by atoms with Crippen LogP contribution in [0.25, 0.3) is 28.4 Å². The number of carbonyl (C=O) groups excluding carboxylic acids is 1. The Morgan fingerprint density at radius 1 is 0.851 bits per heavy atom. The molecule has 1 aromatic heterocycles. The molecule has 7 N–H and O–H groups in total. The van der Waals surface area contributed by atoms with Gasteiger partial charge in [-0.05, 0) is 42.0 Å². The lowest BCUT2D eigenvalue weighted by molar-refractivity contribution is -0.278. The molecule has 47 heavy (non-hydrogen) atoms. The third-order valence-electron chi connectivity index (χ3n) is 7.29. The number of esters is 1. The molecule has 4 aromatic rings. The lowest BCUT2D eigenvalue weighted by atomic mass is 9.99. The van der Waals surface area contributed by atoms with Crippen molar-refractivity contribution in [3.05, 3.63) is 70.4 Å². The van der Waals surface area contributed by atoms with E-state index < -0.39 is 65.6 Å². The van der Waals surface area contributed by atoms with Gasteiger partial charge in [-0.3, -0.25) is 4.79 Å². The molecule has 1 saturated heterocycles. The molecule has 2 heterocycles. The number of carbonyl (C=O) groups is 1. The van der Waals surface area contributed by atoms with E-state index in [4.69, 9.17) is 28.1 Å². The molecule has 0 radical (unpaired) electrons. The van der Waals surface area contributed by atoms with Gasteiger partial charge in [0.15, 0.2) is 28.8 Å². The highest BCUT2D eigenvalue weighted by Crippen LogP contribution is 2.39. The van der Waals surface area contributed by atoms with Gasteiger partial charge in [-0.2, -0.15) is 0 Å². The summed E-state index contributed by atoms with van der Waals surface area (Å²) in [5.74, 6) is -2.93. The molecule has 0 amide bonds. The van der Waals surface area contributed by atoms with Crippen molar-refractivity contribution in [3.63, 3.8) is 0 Å². The van der Waals surface area contributed by atoms with Crippen LogP contribution in [0.2, 0.25) is 0 Å². The van der Waals surface area contributed by atoms with E-state index >= 15 is 0 Å². The first kappa shape index (κ1) is 32.9. The van der Waals surface area contributed by atoms with Crippen molar-refractivity contribution in [3.8, 4) is 51.6 Å². The molecule has 1 aliphatic heterocycles. The van der Waals surface area contributed by atoms with E-state index in [-0.39, 0.29) is 45.7 Å². The summed E-state index contributed by atoms with van der Waals surface area (Å²) in [4.78, 5) is 25.3. The predicted octanol–water partition coefficient (Wildman–Crippen LogP) is 1.74. The largest absolute Gasteiger partial charge is 0.507 e. The number of ether oxygens (including phenoxy) is 5. The van der Waals surface area contributed by atoms with E-state index in [9.17, 15) is 45.3 Å². The number of aliphatic hydroxyl groups excluding tert-OH is 3. The van der Waals surface area contributed by atoms with Crippen molar-refractivity contribution >= 4 is 23.0 Å². The van der Waals surface area contributed by atoms with Crippen molar-refractivity contribution in [2.24, 2.45) is 0 Å². The maximum atomic E-state index is 13.0. The van der Waals surface area contributed by atoms with Gasteiger partial charge in [-0.1, -0.05) is 6.07 Å². The summed E-state index contributed by atoms with van der Waals surface area (Å²) in [7, 11) is 2.67. The molecule has 15 heteroatoms. The van der Waals surface area contributed by atoms with Crippen LogP contribution in [0.5, 0.6) is 40.2 Å². The van der Waals surface area contributed by atoms with Crippen LogP contribution in [0, 0.1) is 0 Å². The first-order chi connectivity index (χ1) is 22.4. The molecular weight excluding hydrogens is 624 g/mol. The van der Waals surface area contributed by atoms with Gasteiger partial charge < -0.3 is 63.8 Å². The zero-order valence-corrected chi connectivity index (χ0v) is 24.8. The molecule has 15 nitrogen and oxygen atoms in total. The fourth-order valence-electron chi connectivity index (χ4n) is 4.81. The Bertz CT molecular complexity index is 1880. The Balaban J connectivity index is 1.34. The number of aromatic hydroxyl groups is 4. The Labute approximate surface area is 265 Å². The third kappa shape index (κ3) is 6.73. The van der Waals surface area contributed by atoms with Gasteiger partial charge in [0.25, 0.3) is 0 Å². The Morgan fingerprint density at radius 2 is 1.53 bits per heavy atom. The van der Waals surface area contributed by atoms with Gasteiger partial charge in [0.1, 0.15) is 53.5 Å². The monoisotopic (exact) mass is 654 g/mol. The molecule has 3 aromatic carbocycles. The minimum absolute atomic E-state index is 0.0306. The second-order valence-corrected chi connectivity index (χ2v) is 10.3. The van der Waals surface area contributed by atoms with Gasteiger partial charge >= 0.3 is 5.97 Å². The molecule has 0 saturated carbocycles. The van der Waals surface area contributed by atoms with E-state index in [0.29, 0.717) is 5.56 Å². The van der Waals surface area contributed by atoms with Crippen LogP contribution in [0.15, 0.2) is 63.8 Å². The van der Waals surface area contributed by atoms with E-state index in [2.05, 4.69) is 0 Å². The molecule has 0 aliphatic carbocycles. The summed E-state index contributed by atoms with van der Waals surface area (Å²) in [6, 6.07) is 10.4. The van der Waals surface area contributed by atoms with Crippen LogP contribution in [-0.4, -0.2) is 93.2 Å². The number of fused-ring (bicyclic) bond motifs is 1. The average Bonchev–Trinajstić information content (AvgIpc) is 3.05. The normalized spacial score (nSPS) is 21.1. The van der Waals surface area contributed by atoms with Crippen LogP contribution in [0.3, 0.4) is 0 Å². The highest BCUT2D eigenvalue weighted by Gasteiger charge is 2.45. The van der Waals surface area contributed by atoms with Crippen molar-refractivity contribution in [1.82, 2.24) is 0 Å².